The molecule has 0 aliphatic rings. The molecule has 0 saturated carbocycles. The minimum atomic E-state index is -0.389. The Hall–Kier alpha value is 1.82. The molecule has 0 aliphatic carbocycles. The molecule has 0 bridgehead atoms. The topological polar surface area (TPSA) is 0 Å². The van der Waals surface area contributed by atoms with Crippen molar-refractivity contribution in [2.45, 2.75) is 0 Å². The Bertz CT molecular complexity index is 27.5. The third-order valence-electron chi connectivity index (χ3n) is 0. The fourth-order valence-corrected chi connectivity index (χ4v) is 0. The van der Waals surface area contributed by atoms with E-state index in [-0.39, 0.29) is 51.1 Å². The van der Waals surface area contributed by atoms with Crippen molar-refractivity contribution in [2.75, 3.05) is 26.7 Å². The predicted molar refractivity (Wildman–Crippen MR) is 43.1 cm³/mol. The third-order valence-corrected chi connectivity index (χ3v) is 0. The van der Waals surface area contributed by atoms with Gasteiger partial charge in [-0.2, -0.15) is 0 Å². The van der Waals surface area contributed by atoms with Gasteiger partial charge >= 0.3 is 0 Å². The molecule has 1 unspecified atom stereocenters. The van der Waals surface area contributed by atoms with Gasteiger partial charge in [0.2, 0.25) is 0 Å². The van der Waals surface area contributed by atoms with Gasteiger partial charge in [0.15, 0.2) is 0 Å². The second-order valence-electron chi connectivity index (χ2n) is 2.68. The summed E-state index contributed by atoms with van der Waals surface area (Å²) in [4.78, 5) is 0. The van der Waals surface area contributed by atoms with Crippen molar-refractivity contribution in [1.82, 2.24) is 0 Å². The smallest absolute Gasteiger partial charge is 0.0481 e. The molecule has 0 nitrogen and oxygen atoms in total. The highest BCUT2D eigenvalue weighted by Crippen LogP contribution is 2.40. The van der Waals surface area contributed by atoms with Crippen LogP contribution >= 0.6 is 17.2 Å². The molecule has 0 aromatic carbocycles. The van der Waals surface area contributed by atoms with Crippen molar-refractivity contribution in [3.05, 3.63) is 0 Å². The molecular formula is C4H16Br2P2. The first-order chi connectivity index (χ1) is 2.00. The van der Waals surface area contributed by atoms with Crippen molar-refractivity contribution in [2.24, 2.45) is 0 Å². The molecule has 4 heteroatoms. The highest BCUT2D eigenvalue weighted by molar-refractivity contribution is 7.72. The van der Waals surface area contributed by atoms with E-state index in [4.69, 9.17) is 0 Å². The van der Waals surface area contributed by atoms with Gasteiger partial charge in [-0.1, -0.05) is 0 Å². The molecule has 0 saturated heterocycles. The molecule has 0 aliphatic heterocycles. The van der Waals surface area contributed by atoms with Gasteiger partial charge < -0.3 is 34.0 Å². The van der Waals surface area contributed by atoms with E-state index in [9.17, 15) is 0 Å². The summed E-state index contributed by atoms with van der Waals surface area (Å²) in [5, 5.41) is 0. The van der Waals surface area contributed by atoms with E-state index in [1.54, 1.807) is 0 Å². The van der Waals surface area contributed by atoms with Gasteiger partial charge in [-0.15, -0.1) is 0 Å². The van der Waals surface area contributed by atoms with Crippen molar-refractivity contribution in [3.8, 4) is 0 Å². The molecule has 0 rings (SSSR count). The zero-order valence-corrected chi connectivity index (χ0v) is 12.3. The van der Waals surface area contributed by atoms with E-state index < -0.39 is 0 Å². The molecule has 1 atom stereocenters. The van der Waals surface area contributed by atoms with Crippen LogP contribution in [0.2, 0.25) is 0 Å². The Morgan fingerprint density at radius 1 is 0.750 bits per heavy atom. The van der Waals surface area contributed by atoms with Crippen LogP contribution in [0.3, 0.4) is 0 Å². The summed E-state index contributed by atoms with van der Waals surface area (Å²) in [6.45, 7) is 9.19. The fraction of sp³-hybridized carbons (Fsp3) is 1.00. The molecule has 8 heavy (non-hydrogen) atoms. The lowest BCUT2D eigenvalue weighted by atomic mass is 11.8. The molecule has 0 N–H and O–H groups in total. The second kappa shape index (κ2) is 8.82. The lowest BCUT2D eigenvalue weighted by molar-refractivity contribution is -0.001000. The summed E-state index contributed by atoms with van der Waals surface area (Å²) in [6, 6.07) is 0. The van der Waals surface area contributed by atoms with Gasteiger partial charge in [-0.25, -0.2) is 0 Å². The Kier molecular flexibility index (Phi) is 24.9. The van der Waals surface area contributed by atoms with Crippen LogP contribution in [0.25, 0.3) is 0 Å². The van der Waals surface area contributed by atoms with Crippen molar-refractivity contribution in [3.63, 3.8) is 0 Å². The van der Waals surface area contributed by atoms with Gasteiger partial charge in [0, 0.05) is 33.9 Å². The van der Waals surface area contributed by atoms with Crippen molar-refractivity contribution < 1.29 is 34.0 Å². The average Bonchev–Trinajstić information content (AvgIpc) is 0.722. The summed E-state index contributed by atoms with van der Waals surface area (Å²) in [5.74, 6) is 0. The molecule has 0 amide bonds. The standard InChI is InChI=1S/C4H12P.2BrH.H3P/c1-5(2,3)4;;;/h1-4H3;2*1H;1H3/q+1;;;/p-1. The van der Waals surface area contributed by atoms with Gasteiger partial charge in [0.1, 0.15) is 0 Å². The van der Waals surface area contributed by atoms with Crippen LogP contribution in [-0.2, 0) is 0 Å². The molecular weight excluding hydrogens is 270 g/mol. The summed E-state index contributed by atoms with van der Waals surface area (Å²) in [7, 11) is -0.389. The Morgan fingerprint density at radius 2 is 0.750 bits per heavy atom. The highest BCUT2D eigenvalue weighted by Gasteiger charge is 2.03. The minimum absolute atomic E-state index is 0. The fourth-order valence-electron chi connectivity index (χ4n) is 0. The maximum Gasteiger partial charge on any atom is 0.0481 e. The lowest BCUT2D eigenvalue weighted by Crippen LogP contribution is -3.00. The van der Waals surface area contributed by atoms with E-state index in [0.717, 1.165) is 0 Å². The number of hydrogen-bond donors (Lipinski definition) is 0. The van der Waals surface area contributed by atoms with Crippen LogP contribution in [0, 0.1) is 0 Å². The third kappa shape index (κ3) is 110. The van der Waals surface area contributed by atoms with E-state index in [1.165, 1.54) is 0 Å². The van der Waals surface area contributed by atoms with Gasteiger partial charge in [0.25, 0.3) is 0 Å². The molecule has 56 valence electrons. The Morgan fingerprint density at radius 3 is 0.750 bits per heavy atom. The zero-order chi connectivity index (χ0) is 4.50. The maximum atomic E-state index is 2.30. The van der Waals surface area contributed by atoms with E-state index in [0.29, 0.717) is 0 Å². The summed E-state index contributed by atoms with van der Waals surface area (Å²) in [5.41, 5.74) is 0. The Labute approximate surface area is 77.7 Å². The normalized spacial score (nSPS) is 7.50. The molecule has 0 aromatic heterocycles. The maximum absolute atomic E-state index is 2.30. The molecule has 0 spiro atoms. The van der Waals surface area contributed by atoms with Crippen molar-refractivity contribution in [1.29, 1.82) is 0 Å². The first-order valence-electron chi connectivity index (χ1n) is 1.79. The quantitative estimate of drug-likeness (QED) is 0.393. The van der Waals surface area contributed by atoms with Crippen LogP contribution < -0.4 is 34.0 Å². The molecule has 0 heterocycles. The first-order valence-corrected chi connectivity index (χ1v) is 5.37. The largest absolute Gasteiger partial charge is 1.00 e. The molecule has 0 radical (unpaired) electrons. The summed E-state index contributed by atoms with van der Waals surface area (Å²) < 4.78 is 0. The number of hydrogen-bond acceptors (Lipinski definition) is 0. The van der Waals surface area contributed by atoms with E-state index in [1.807, 2.05) is 0 Å². The predicted octanol–water partition coefficient (Wildman–Crippen LogP) is -4.68. The summed E-state index contributed by atoms with van der Waals surface area (Å²) in [6.07, 6.45) is 0. The van der Waals surface area contributed by atoms with E-state index in [2.05, 4.69) is 26.7 Å². The number of rotatable bonds is 0. The van der Waals surface area contributed by atoms with Crippen LogP contribution in [0.4, 0.5) is 0 Å². The monoisotopic (exact) mass is 284 g/mol. The van der Waals surface area contributed by atoms with Crippen LogP contribution in [0.15, 0.2) is 0 Å². The van der Waals surface area contributed by atoms with Crippen LogP contribution in [-0.4, -0.2) is 26.7 Å². The first kappa shape index (κ1) is 22.6. The van der Waals surface area contributed by atoms with Crippen LogP contribution in [0.1, 0.15) is 0 Å². The lowest BCUT2D eigenvalue weighted by Gasteiger charge is -1.97. The zero-order valence-electron chi connectivity index (χ0n) is 6.20. The Balaban J connectivity index is -0.0000000267. The number of halogens is 2. The van der Waals surface area contributed by atoms with Gasteiger partial charge in [-0.3, -0.25) is 0 Å². The highest BCUT2D eigenvalue weighted by atomic mass is 79.9. The molecule has 0 aromatic rings. The minimum Gasteiger partial charge on any atom is -1.00 e. The second-order valence-corrected chi connectivity index (χ2v) is 8.05. The SMILES string of the molecule is C[P+](C)(C)C.[Br-].[Br-].[PH4+]. The summed E-state index contributed by atoms with van der Waals surface area (Å²) >= 11 is 0. The molecule has 0 fully saturated rings. The van der Waals surface area contributed by atoms with Gasteiger partial charge in [0.05, 0.1) is 0 Å². The van der Waals surface area contributed by atoms with E-state index >= 15 is 0 Å². The van der Waals surface area contributed by atoms with Crippen LogP contribution in [0.5, 0.6) is 0 Å². The average molecular weight is 286 g/mol. The van der Waals surface area contributed by atoms with Crippen molar-refractivity contribution >= 4 is 17.2 Å². The van der Waals surface area contributed by atoms with Gasteiger partial charge in [-0.05, 0) is 9.90 Å².